The highest BCUT2D eigenvalue weighted by Crippen LogP contribution is 2.37. The van der Waals surface area contributed by atoms with E-state index in [2.05, 4.69) is 10.4 Å². The maximum atomic E-state index is 12.7. The van der Waals surface area contributed by atoms with E-state index < -0.39 is 5.92 Å². The van der Waals surface area contributed by atoms with Gasteiger partial charge in [-0.15, -0.1) is 0 Å². The summed E-state index contributed by atoms with van der Waals surface area (Å²) >= 11 is 0. The Morgan fingerprint density at radius 1 is 1.33 bits per heavy atom. The normalized spacial score (nSPS) is 20.5. The topological polar surface area (TPSA) is 67.2 Å². The molecule has 0 spiro atoms. The van der Waals surface area contributed by atoms with E-state index in [4.69, 9.17) is 0 Å². The third-order valence-corrected chi connectivity index (χ3v) is 4.57. The van der Waals surface area contributed by atoms with E-state index in [0.717, 1.165) is 17.7 Å². The minimum Gasteiger partial charge on any atom is -0.338 e. The fraction of sp³-hybridized carbons (Fsp3) is 0.389. The fourth-order valence-corrected chi connectivity index (χ4v) is 3.16. The molecule has 1 saturated heterocycles. The first-order valence-corrected chi connectivity index (χ1v) is 8.15. The lowest BCUT2D eigenvalue weighted by molar-refractivity contribution is -0.127. The lowest BCUT2D eigenvalue weighted by Gasteiger charge is -2.25. The van der Waals surface area contributed by atoms with Crippen LogP contribution in [0.3, 0.4) is 0 Å². The predicted molar refractivity (Wildman–Crippen MR) is 91.3 cm³/mol. The average Bonchev–Trinajstić information content (AvgIpc) is 3.14. The van der Waals surface area contributed by atoms with E-state index in [1.165, 1.54) is 0 Å². The predicted octanol–water partition coefficient (Wildman–Crippen LogP) is 2.37. The Hall–Kier alpha value is -2.63. The van der Waals surface area contributed by atoms with Crippen LogP contribution in [-0.2, 0) is 16.1 Å². The first-order valence-electron chi connectivity index (χ1n) is 8.15. The summed E-state index contributed by atoms with van der Waals surface area (Å²) in [5.41, 5.74) is 2.79. The van der Waals surface area contributed by atoms with Gasteiger partial charge in [0.25, 0.3) is 0 Å². The molecule has 24 heavy (non-hydrogen) atoms. The molecule has 6 nitrogen and oxygen atoms in total. The van der Waals surface area contributed by atoms with Gasteiger partial charge in [-0.3, -0.25) is 14.3 Å². The van der Waals surface area contributed by atoms with E-state index >= 15 is 0 Å². The van der Waals surface area contributed by atoms with Crippen LogP contribution in [0.5, 0.6) is 0 Å². The van der Waals surface area contributed by atoms with Crippen molar-refractivity contribution in [2.45, 2.75) is 32.9 Å². The largest absolute Gasteiger partial charge is 0.338 e. The molecule has 2 aromatic rings. The van der Waals surface area contributed by atoms with Crippen LogP contribution in [0.15, 0.2) is 36.7 Å². The molecule has 0 bridgehead atoms. The molecule has 126 valence electrons. The Kier molecular flexibility index (Phi) is 4.38. The molecular weight excluding hydrogens is 304 g/mol. The second-order valence-corrected chi connectivity index (χ2v) is 6.24. The Morgan fingerprint density at radius 3 is 2.67 bits per heavy atom. The molecular formula is C18H22N4O2. The molecule has 1 aliphatic heterocycles. The van der Waals surface area contributed by atoms with Gasteiger partial charge in [0.1, 0.15) is 0 Å². The SMILES string of the molecule is CCn1cc(NC(=O)[C@H]2CC(=O)N(C)[C@@H]2c2ccc(C)cc2)cn1. The molecule has 3 rings (SSSR count). The maximum absolute atomic E-state index is 12.7. The number of carbonyl (C=O) groups excluding carboxylic acids is 2. The number of nitrogens with zero attached hydrogens (tertiary/aromatic N) is 3. The summed E-state index contributed by atoms with van der Waals surface area (Å²) < 4.78 is 1.75. The molecule has 0 radical (unpaired) electrons. The molecule has 1 aliphatic rings. The van der Waals surface area contributed by atoms with E-state index in [9.17, 15) is 9.59 Å². The summed E-state index contributed by atoms with van der Waals surface area (Å²) in [6, 6.07) is 7.76. The Bertz CT molecular complexity index is 751. The average molecular weight is 326 g/mol. The number of hydrogen-bond donors (Lipinski definition) is 1. The van der Waals surface area contributed by atoms with E-state index in [1.807, 2.05) is 38.1 Å². The van der Waals surface area contributed by atoms with Crippen molar-refractivity contribution in [3.8, 4) is 0 Å². The van der Waals surface area contributed by atoms with Gasteiger partial charge in [0.2, 0.25) is 11.8 Å². The van der Waals surface area contributed by atoms with Crippen molar-refractivity contribution in [2.24, 2.45) is 5.92 Å². The molecule has 6 heteroatoms. The third kappa shape index (κ3) is 3.04. The number of nitrogens with one attached hydrogen (secondary N) is 1. The Balaban J connectivity index is 1.82. The zero-order chi connectivity index (χ0) is 17.3. The molecule has 2 heterocycles. The monoisotopic (exact) mass is 326 g/mol. The van der Waals surface area contributed by atoms with Crippen molar-refractivity contribution in [3.05, 3.63) is 47.8 Å². The van der Waals surface area contributed by atoms with Crippen molar-refractivity contribution in [1.29, 1.82) is 0 Å². The number of aromatic nitrogens is 2. The molecule has 2 atom stereocenters. The summed E-state index contributed by atoms with van der Waals surface area (Å²) in [5, 5.41) is 7.05. The van der Waals surface area contributed by atoms with Crippen LogP contribution in [0.2, 0.25) is 0 Å². The van der Waals surface area contributed by atoms with Gasteiger partial charge in [0.05, 0.1) is 23.8 Å². The van der Waals surface area contributed by atoms with Gasteiger partial charge < -0.3 is 10.2 Å². The number of rotatable bonds is 4. The van der Waals surface area contributed by atoms with Crippen LogP contribution in [0.1, 0.15) is 30.5 Å². The Morgan fingerprint density at radius 2 is 2.04 bits per heavy atom. The first kappa shape index (κ1) is 16.2. The molecule has 1 fully saturated rings. The summed E-state index contributed by atoms with van der Waals surface area (Å²) in [4.78, 5) is 26.6. The summed E-state index contributed by atoms with van der Waals surface area (Å²) in [7, 11) is 1.76. The summed E-state index contributed by atoms with van der Waals surface area (Å²) in [5.74, 6) is -0.561. The highest BCUT2D eigenvalue weighted by atomic mass is 16.2. The number of likely N-dealkylation sites (tertiary alicyclic amines) is 1. The highest BCUT2D eigenvalue weighted by Gasteiger charge is 2.42. The lowest BCUT2D eigenvalue weighted by Crippen LogP contribution is -2.29. The molecule has 1 N–H and O–H groups in total. The number of aryl methyl sites for hydroxylation is 2. The molecule has 0 unspecified atom stereocenters. The van der Waals surface area contributed by atoms with Crippen LogP contribution in [0.25, 0.3) is 0 Å². The summed E-state index contributed by atoms with van der Waals surface area (Å²) in [6.45, 7) is 4.74. The highest BCUT2D eigenvalue weighted by molar-refractivity contribution is 5.97. The standard InChI is InChI=1S/C18H22N4O2/c1-4-22-11-14(10-19-22)20-18(24)15-9-16(23)21(3)17(15)13-7-5-12(2)6-8-13/h5-8,10-11,15,17H,4,9H2,1-3H3,(H,20,24)/t15-,17+/m0/s1. The third-order valence-electron chi connectivity index (χ3n) is 4.57. The smallest absolute Gasteiger partial charge is 0.230 e. The van der Waals surface area contributed by atoms with Crippen LogP contribution in [0.4, 0.5) is 5.69 Å². The molecule has 0 saturated carbocycles. The van der Waals surface area contributed by atoms with Crippen LogP contribution >= 0.6 is 0 Å². The van der Waals surface area contributed by atoms with Gasteiger partial charge in [-0.2, -0.15) is 5.10 Å². The molecule has 2 amide bonds. The number of hydrogen-bond acceptors (Lipinski definition) is 3. The van der Waals surface area contributed by atoms with Crippen molar-refractivity contribution < 1.29 is 9.59 Å². The second kappa shape index (κ2) is 6.47. The molecule has 1 aromatic carbocycles. The van der Waals surface area contributed by atoms with E-state index in [0.29, 0.717) is 5.69 Å². The van der Waals surface area contributed by atoms with Crippen molar-refractivity contribution in [2.75, 3.05) is 12.4 Å². The van der Waals surface area contributed by atoms with Crippen molar-refractivity contribution in [3.63, 3.8) is 0 Å². The van der Waals surface area contributed by atoms with Gasteiger partial charge in [0, 0.05) is 26.2 Å². The van der Waals surface area contributed by atoms with Crippen LogP contribution in [0, 0.1) is 12.8 Å². The minimum absolute atomic E-state index is 0.00928. The first-order chi connectivity index (χ1) is 11.5. The van der Waals surface area contributed by atoms with Gasteiger partial charge >= 0.3 is 0 Å². The lowest BCUT2D eigenvalue weighted by atomic mass is 9.92. The number of benzene rings is 1. The maximum Gasteiger partial charge on any atom is 0.230 e. The second-order valence-electron chi connectivity index (χ2n) is 6.24. The molecule has 0 aliphatic carbocycles. The van der Waals surface area contributed by atoms with Crippen molar-refractivity contribution in [1.82, 2.24) is 14.7 Å². The van der Waals surface area contributed by atoms with Gasteiger partial charge in [-0.1, -0.05) is 29.8 Å². The number of amides is 2. The zero-order valence-electron chi connectivity index (χ0n) is 14.2. The van der Waals surface area contributed by atoms with Gasteiger partial charge in [-0.05, 0) is 19.4 Å². The van der Waals surface area contributed by atoms with Crippen LogP contribution < -0.4 is 5.32 Å². The fourth-order valence-electron chi connectivity index (χ4n) is 3.16. The Labute approximate surface area is 141 Å². The zero-order valence-corrected chi connectivity index (χ0v) is 14.2. The quantitative estimate of drug-likeness (QED) is 0.938. The number of anilines is 1. The minimum atomic E-state index is -0.407. The van der Waals surface area contributed by atoms with E-state index in [1.54, 1.807) is 29.0 Å². The summed E-state index contributed by atoms with van der Waals surface area (Å²) in [6.07, 6.45) is 3.64. The van der Waals surface area contributed by atoms with Crippen molar-refractivity contribution >= 4 is 17.5 Å². The van der Waals surface area contributed by atoms with Crippen LogP contribution in [-0.4, -0.2) is 33.5 Å². The van der Waals surface area contributed by atoms with E-state index in [-0.39, 0.29) is 24.3 Å². The molecule has 1 aromatic heterocycles. The van der Waals surface area contributed by atoms with Gasteiger partial charge in [0.15, 0.2) is 0 Å². The number of carbonyl (C=O) groups is 2. The van der Waals surface area contributed by atoms with Gasteiger partial charge in [-0.25, -0.2) is 0 Å².